The predicted octanol–water partition coefficient (Wildman–Crippen LogP) is 2.35. The zero-order valence-corrected chi connectivity index (χ0v) is 12.2. The fraction of sp³-hybridized carbons (Fsp3) is 0.500. The zero-order valence-electron chi connectivity index (χ0n) is 11.4. The van der Waals surface area contributed by atoms with Gasteiger partial charge in [-0.05, 0) is 37.7 Å². The topological polar surface area (TPSA) is 38.5 Å². The summed E-state index contributed by atoms with van der Waals surface area (Å²) in [5.74, 6) is 0.787. The lowest BCUT2D eigenvalue weighted by atomic mass is 10.1. The van der Waals surface area contributed by atoms with Crippen LogP contribution >= 0.6 is 12.2 Å². The summed E-state index contributed by atoms with van der Waals surface area (Å²) < 4.78 is 5.80. The van der Waals surface area contributed by atoms with Crippen LogP contribution in [0.15, 0.2) is 18.2 Å². The van der Waals surface area contributed by atoms with E-state index in [-0.39, 0.29) is 0 Å². The molecular formula is C14H22N2OS. The highest BCUT2D eigenvalue weighted by Crippen LogP contribution is 2.20. The Morgan fingerprint density at radius 3 is 2.56 bits per heavy atom. The molecule has 1 aromatic rings. The summed E-state index contributed by atoms with van der Waals surface area (Å²) >= 11 is 5.03. The first-order chi connectivity index (χ1) is 8.58. The van der Waals surface area contributed by atoms with E-state index in [1.807, 2.05) is 25.1 Å². The second kappa shape index (κ2) is 7.34. The maximum atomic E-state index is 5.80. The fourth-order valence-electron chi connectivity index (χ4n) is 1.78. The van der Waals surface area contributed by atoms with E-state index in [9.17, 15) is 0 Å². The third kappa shape index (κ3) is 4.27. The maximum Gasteiger partial charge on any atom is 0.129 e. The molecule has 0 atom stereocenters. The van der Waals surface area contributed by atoms with E-state index in [0.29, 0.717) is 11.6 Å². The summed E-state index contributed by atoms with van der Waals surface area (Å²) in [7, 11) is 0. The quantitative estimate of drug-likeness (QED) is 0.769. The Bertz CT molecular complexity index is 403. The van der Waals surface area contributed by atoms with Gasteiger partial charge in [0.25, 0.3) is 0 Å². The zero-order chi connectivity index (χ0) is 13.5. The Labute approximate surface area is 115 Å². The number of rotatable bonds is 7. The van der Waals surface area contributed by atoms with Crippen molar-refractivity contribution in [1.29, 1.82) is 0 Å². The standard InChI is InChI=1S/C14H22N2OS/c1-4-16(5-2)8-9-17-13-10-11(3)6-7-12(13)14(15)18/h6-7,10H,4-5,8-9H2,1-3H3,(H2,15,18). The molecule has 0 saturated heterocycles. The molecule has 0 bridgehead atoms. The Kier molecular flexibility index (Phi) is 6.09. The molecule has 0 radical (unpaired) electrons. The molecule has 1 rings (SSSR count). The number of nitrogens with two attached hydrogens (primary N) is 1. The van der Waals surface area contributed by atoms with E-state index < -0.39 is 0 Å². The number of hydrogen-bond acceptors (Lipinski definition) is 3. The second-order valence-electron chi connectivity index (χ2n) is 4.24. The number of nitrogens with zero attached hydrogens (tertiary/aromatic N) is 1. The van der Waals surface area contributed by atoms with Gasteiger partial charge in [-0.1, -0.05) is 32.1 Å². The van der Waals surface area contributed by atoms with Gasteiger partial charge in [0.1, 0.15) is 17.3 Å². The van der Waals surface area contributed by atoms with Gasteiger partial charge in [0.15, 0.2) is 0 Å². The van der Waals surface area contributed by atoms with Crippen LogP contribution in [0.4, 0.5) is 0 Å². The van der Waals surface area contributed by atoms with Crippen molar-refractivity contribution in [3.05, 3.63) is 29.3 Å². The summed E-state index contributed by atoms with van der Waals surface area (Å²) in [6.45, 7) is 9.97. The van der Waals surface area contributed by atoms with Gasteiger partial charge in [0.2, 0.25) is 0 Å². The minimum atomic E-state index is 0.382. The largest absolute Gasteiger partial charge is 0.492 e. The van der Waals surface area contributed by atoms with Gasteiger partial charge >= 0.3 is 0 Å². The highest BCUT2D eigenvalue weighted by molar-refractivity contribution is 7.80. The lowest BCUT2D eigenvalue weighted by molar-refractivity contribution is 0.222. The van der Waals surface area contributed by atoms with E-state index in [4.69, 9.17) is 22.7 Å². The molecule has 2 N–H and O–H groups in total. The van der Waals surface area contributed by atoms with Crippen molar-refractivity contribution in [2.45, 2.75) is 20.8 Å². The molecule has 0 unspecified atom stereocenters. The van der Waals surface area contributed by atoms with Gasteiger partial charge in [-0.15, -0.1) is 0 Å². The van der Waals surface area contributed by atoms with Crippen molar-refractivity contribution in [1.82, 2.24) is 4.90 Å². The van der Waals surface area contributed by atoms with Crippen molar-refractivity contribution in [2.24, 2.45) is 5.73 Å². The molecule has 18 heavy (non-hydrogen) atoms. The smallest absolute Gasteiger partial charge is 0.129 e. The second-order valence-corrected chi connectivity index (χ2v) is 4.68. The average Bonchev–Trinajstić information content (AvgIpc) is 2.34. The highest BCUT2D eigenvalue weighted by Gasteiger charge is 2.07. The predicted molar refractivity (Wildman–Crippen MR) is 80.3 cm³/mol. The number of likely N-dealkylation sites (N-methyl/N-ethyl adjacent to an activating group) is 1. The van der Waals surface area contributed by atoms with Crippen molar-refractivity contribution in [2.75, 3.05) is 26.2 Å². The minimum Gasteiger partial charge on any atom is -0.492 e. The molecule has 4 heteroatoms. The molecule has 3 nitrogen and oxygen atoms in total. The third-order valence-electron chi connectivity index (χ3n) is 2.96. The normalized spacial score (nSPS) is 10.7. The summed E-state index contributed by atoms with van der Waals surface area (Å²) in [6, 6.07) is 5.90. The minimum absolute atomic E-state index is 0.382. The van der Waals surface area contributed by atoms with E-state index >= 15 is 0 Å². The van der Waals surface area contributed by atoms with Gasteiger partial charge in [-0.2, -0.15) is 0 Å². The van der Waals surface area contributed by atoms with Crippen LogP contribution in [0.5, 0.6) is 5.75 Å². The first-order valence-corrected chi connectivity index (χ1v) is 6.74. The molecule has 0 aliphatic heterocycles. The van der Waals surface area contributed by atoms with Gasteiger partial charge in [-0.25, -0.2) is 0 Å². The summed E-state index contributed by atoms with van der Waals surface area (Å²) in [5.41, 5.74) is 7.65. The number of aryl methyl sites for hydroxylation is 1. The van der Waals surface area contributed by atoms with Crippen LogP contribution in [0.3, 0.4) is 0 Å². The van der Waals surface area contributed by atoms with E-state index in [1.165, 1.54) is 0 Å². The van der Waals surface area contributed by atoms with Crippen LogP contribution in [0.1, 0.15) is 25.0 Å². The molecule has 0 aromatic heterocycles. The van der Waals surface area contributed by atoms with Gasteiger partial charge < -0.3 is 15.4 Å². The third-order valence-corrected chi connectivity index (χ3v) is 3.18. The molecule has 100 valence electrons. The molecule has 0 saturated carbocycles. The molecule has 0 spiro atoms. The lowest BCUT2D eigenvalue weighted by Crippen LogP contribution is -2.28. The molecule has 0 aliphatic carbocycles. The number of hydrogen-bond donors (Lipinski definition) is 1. The van der Waals surface area contributed by atoms with Crippen LogP contribution < -0.4 is 10.5 Å². The summed E-state index contributed by atoms with van der Waals surface area (Å²) in [4.78, 5) is 2.70. The molecule has 0 heterocycles. The number of ether oxygens (including phenoxy) is 1. The first kappa shape index (κ1) is 14.9. The van der Waals surface area contributed by atoms with Crippen LogP contribution in [-0.2, 0) is 0 Å². The SMILES string of the molecule is CCN(CC)CCOc1cc(C)ccc1C(N)=S. The lowest BCUT2D eigenvalue weighted by Gasteiger charge is -2.19. The van der Waals surface area contributed by atoms with Crippen molar-refractivity contribution >= 4 is 17.2 Å². The first-order valence-electron chi connectivity index (χ1n) is 6.34. The van der Waals surface area contributed by atoms with Crippen LogP contribution in [-0.4, -0.2) is 36.1 Å². The molecular weight excluding hydrogens is 244 g/mol. The fourth-order valence-corrected chi connectivity index (χ4v) is 1.95. The van der Waals surface area contributed by atoms with Crippen molar-refractivity contribution in [3.8, 4) is 5.75 Å². The van der Waals surface area contributed by atoms with Crippen LogP contribution in [0.2, 0.25) is 0 Å². The van der Waals surface area contributed by atoms with Crippen molar-refractivity contribution < 1.29 is 4.74 Å². The van der Waals surface area contributed by atoms with Crippen molar-refractivity contribution in [3.63, 3.8) is 0 Å². The van der Waals surface area contributed by atoms with E-state index in [1.54, 1.807) is 0 Å². The number of thiocarbonyl (C=S) groups is 1. The van der Waals surface area contributed by atoms with E-state index in [2.05, 4.69) is 18.7 Å². The summed E-state index contributed by atoms with van der Waals surface area (Å²) in [6.07, 6.45) is 0. The highest BCUT2D eigenvalue weighted by atomic mass is 32.1. The Morgan fingerprint density at radius 1 is 1.33 bits per heavy atom. The maximum absolute atomic E-state index is 5.80. The monoisotopic (exact) mass is 266 g/mol. The Morgan fingerprint density at radius 2 is 2.00 bits per heavy atom. The molecule has 0 fully saturated rings. The van der Waals surface area contributed by atoms with Gasteiger partial charge in [0.05, 0.1) is 5.56 Å². The Balaban J connectivity index is 2.66. The Hall–Kier alpha value is -1.13. The van der Waals surface area contributed by atoms with Crippen LogP contribution in [0, 0.1) is 6.92 Å². The van der Waals surface area contributed by atoms with Crippen LogP contribution in [0.25, 0.3) is 0 Å². The molecule has 0 aliphatic rings. The van der Waals surface area contributed by atoms with Gasteiger partial charge in [-0.3, -0.25) is 0 Å². The average molecular weight is 266 g/mol. The molecule has 0 amide bonds. The van der Waals surface area contributed by atoms with E-state index in [0.717, 1.165) is 36.5 Å². The molecule has 1 aromatic carbocycles. The van der Waals surface area contributed by atoms with Gasteiger partial charge in [0, 0.05) is 6.54 Å². The summed E-state index contributed by atoms with van der Waals surface area (Å²) in [5, 5.41) is 0. The number of benzene rings is 1.